The highest BCUT2D eigenvalue weighted by Crippen LogP contribution is 2.29. The Balaban J connectivity index is 2.17. The molecule has 0 saturated heterocycles. The SMILES string of the molecule is COc1ccc(-c2nc(Cl)c3cc(Br)ccc3n2)cc1F. The molecule has 3 aromatic rings. The predicted octanol–water partition coefficient (Wildman–Crippen LogP) is 4.86. The molecule has 1 heterocycles. The van der Waals surface area contributed by atoms with E-state index in [9.17, 15) is 4.39 Å². The molecule has 0 saturated carbocycles. The molecule has 0 fully saturated rings. The first kappa shape index (κ1) is 14.2. The number of nitrogens with zero attached hydrogens (tertiary/aromatic N) is 2. The zero-order valence-electron chi connectivity index (χ0n) is 10.9. The highest BCUT2D eigenvalue weighted by atomic mass is 79.9. The molecular formula is C15H9BrClFN2O. The van der Waals surface area contributed by atoms with Crippen molar-refractivity contribution >= 4 is 38.4 Å². The number of hydrogen-bond acceptors (Lipinski definition) is 3. The van der Waals surface area contributed by atoms with Gasteiger partial charge in [0.15, 0.2) is 17.4 Å². The quantitative estimate of drug-likeness (QED) is 0.607. The van der Waals surface area contributed by atoms with Crippen LogP contribution in [0.2, 0.25) is 5.15 Å². The van der Waals surface area contributed by atoms with E-state index in [0.29, 0.717) is 22.1 Å². The molecule has 0 aliphatic heterocycles. The van der Waals surface area contributed by atoms with E-state index in [4.69, 9.17) is 16.3 Å². The molecule has 3 nitrogen and oxygen atoms in total. The van der Waals surface area contributed by atoms with Crippen LogP contribution in [0, 0.1) is 5.82 Å². The molecule has 2 aromatic carbocycles. The Bertz CT molecular complexity index is 841. The molecule has 106 valence electrons. The molecule has 0 unspecified atom stereocenters. The Kier molecular flexibility index (Phi) is 3.78. The van der Waals surface area contributed by atoms with Gasteiger partial charge in [0.25, 0.3) is 0 Å². The number of methoxy groups -OCH3 is 1. The van der Waals surface area contributed by atoms with Crippen LogP contribution in [0.25, 0.3) is 22.3 Å². The lowest BCUT2D eigenvalue weighted by Crippen LogP contribution is -1.94. The third-order valence-electron chi connectivity index (χ3n) is 3.02. The third-order valence-corrected chi connectivity index (χ3v) is 3.80. The lowest BCUT2D eigenvalue weighted by atomic mass is 10.2. The second-order valence-electron chi connectivity index (χ2n) is 4.35. The van der Waals surface area contributed by atoms with Crippen molar-refractivity contribution in [3.63, 3.8) is 0 Å². The van der Waals surface area contributed by atoms with Crippen LogP contribution in [0.15, 0.2) is 40.9 Å². The average molecular weight is 368 g/mol. The number of fused-ring (bicyclic) bond motifs is 1. The molecule has 6 heteroatoms. The molecule has 0 aliphatic carbocycles. The Morgan fingerprint density at radius 2 is 1.95 bits per heavy atom. The fourth-order valence-corrected chi connectivity index (χ4v) is 2.59. The number of benzene rings is 2. The summed E-state index contributed by atoms with van der Waals surface area (Å²) in [5, 5.41) is 1.07. The minimum absolute atomic E-state index is 0.176. The predicted molar refractivity (Wildman–Crippen MR) is 84.2 cm³/mol. The zero-order valence-corrected chi connectivity index (χ0v) is 13.2. The van der Waals surface area contributed by atoms with Gasteiger partial charge < -0.3 is 4.74 Å². The summed E-state index contributed by atoms with van der Waals surface area (Å²) in [7, 11) is 1.42. The summed E-state index contributed by atoms with van der Waals surface area (Å²) in [5.74, 6) is 0.0802. The smallest absolute Gasteiger partial charge is 0.165 e. The fourth-order valence-electron chi connectivity index (χ4n) is 2.00. The number of hydrogen-bond donors (Lipinski definition) is 0. The second-order valence-corrected chi connectivity index (χ2v) is 5.62. The van der Waals surface area contributed by atoms with Crippen LogP contribution in [-0.4, -0.2) is 17.1 Å². The molecule has 0 atom stereocenters. The van der Waals surface area contributed by atoms with Crippen molar-refractivity contribution in [2.24, 2.45) is 0 Å². The van der Waals surface area contributed by atoms with Gasteiger partial charge in [0, 0.05) is 15.4 Å². The molecule has 0 radical (unpaired) electrons. The normalized spacial score (nSPS) is 10.9. The van der Waals surface area contributed by atoms with E-state index in [2.05, 4.69) is 25.9 Å². The molecule has 0 N–H and O–H groups in total. The van der Waals surface area contributed by atoms with Crippen molar-refractivity contribution in [2.45, 2.75) is 0 Å². The molecule has 1 aromatic heterocycles. The molecule has 0 amide bonds. The van der Waals surface area contributed by atoms with Gasteiger partial charge in [0.05, 0.1) is 12.6 Å². The molecule has 0 aliphatic rings. The number of aromatic nitrogens is 2. The number of halogens is 3. The summed E-state index contributed by atoms with van der Waals surface area (Å²) >= 11 is 9.57. The van der Waals surface area contributed by atoms with Crippen LogP contribution >= 0.6 is 27.5 Å². The van der Waals surface area contributed by atoms with Gasteiger partial charge in [0.1, 0.15) is 5.15 Å². The molecule has 0 bridgehead atoms. The maximum absolute atomic E-state index is 13.8. The lowest BCUT2D eigenvalue weighted by Gasteiger charge is -2.07. The van der Waals surface area contributed by atoms with Gasteiger partial charge in [0.2, 0.25) is 0 Å². The van der Waals surface area contributed by atoms with Gasteiger partial charge in [-0.05, 0) is 36.4 Å². The molecule has 0 spiro atoms. The first-order valence-electron chi connectivity index (χ1n) is 6.05. The number of ether oxygens (including phenoxy) is 1. The van der Waals surface area contributed by atoms with Gasteiger partial charge >= 0.3 is 0 Å². The van der Waals surface area contributed by atoms with Crippen LogP contribution in [0.3, 0.4) is 0 Å². The minimum Gasteiger partial charge on any atom is -0.494 e. The second kappa shape index (κ2) is 5.58. The maximum Gasteiger partial charge on any atom is 0.165 e. The monoisotopic (exact) mass is 366 g/mol. The first-order chi connectivity index (χ1) is 10.1. The summed E-state index contributed by atoms with van der Waals surface area (Å²) in [6.07, 6.45) is 0. The number of rotatable bonds is 2. The Hall–Kier alpha value is -1.72. The average Bonchev–Trinajstić information content (AvgIpc) is 2.47. The van der Waals surface area contributed by atoms with Crippen LogP contribution < -0.4 is 4.74 Å². The van der Waals surface area contributed by atoms with Gasteiger partial charge in [-0.3, -0.25) is 0 Å². The van der Waals surface area contributed by atoms with Crippen molar-refractivity contribution in [3.8, 4) is 17.1 Å². The Labute approximate surface area is 133 Å². The van der Waals surface area contributed by atoms with E-state index in [1.807, 2.05) is 18.2 Å². The molecule has 3 rings (SSSR count). The van der Waals surface area contributed by atoms with Crippen molar-refractivity contribution in [2.75, 3.05) is 7.11 Å². The maximum atomic E-state index is 13.8. The van der Waals surface area contributed by atoms with E-state index < -0.39 is 5.82 Å². The van der Waals surface area contributed by atoms with Crippen LogP contribution in [0.5, 0.6) is 5.75 Å². The van der Waals surface area contributed by atoms with Crippen LogP contribution in [0.4, 0.5) is 4.39 Å². The minimum atomic E-state index is -0.467. The summed E-state index contributed by atoms with van der Waals surface area (Å²) in [6, 6.07) is 10.1. The van der Waals surface area contributed by atoms with Gasteiger partial charge in [-0.15, -0.1) is 0 Å². The summed E-state index contributed by atoms with van der Waals surface area (Å²) in [5.41, 5.74) is 1.24. The highest BCUT2D eigenvalue weighted by Gasteiger charge is 2.11. The summed E-state index contributed by atoms with van der Waals surface area (Å²) in [6.45, 7) is 0. The van der Waals surface area contributed by atoms with E-state index in [1.54, 1.807) is 6.07 Å². The van der Waals surface area contributed by atoms with Gasteiger partial charge in [-0.2, -0.15) is 0 Å². The first-order valence-corrected chi connectivity index (χ1v) is 7.22. The topological polar surface area (TPSA) is 35.0 Å². The van der Waals surface area contributed by atoms with E-state index in [0.717, 1.165) is 9.86 Å². The zero-order chi connectivity index (χ0) is 15.0. The van der Waals surface area contributed by atoms with Gasteiger partial charge in [-0.25, -0.2) is 14.4 Å². The third kappa shape index (κ3) is 2.71. The summed E-state index contributed by atoms with van der Waals surface area (Å²) < 4.78 is 19.6. The highest BCUT2D eigenvalue weighted by molar-refractivity contribution is 9.10. The largest absolute Gasteiger partial charge is 0.494 e. The van der Waals surface area contributed by atoms with Crippen molar-refractivity contribution in [1.29, 1.82) is 0 Å². The van der Waals surface area contributed by atoms with Crippen LogP contribution in [0.1, 0.15) is 0 Å². The van der Waals surface area contributed by atoms with E-state index in [1.165, 1.54) is 19.2 Å². The van der Waals surface area contributed by atoms with Crippen molar-refractivity contribution < 1.29 is 9.13 Å². The lowest BCUT2D eigenvalue weighted by molar-refractivity contribution is 0.386. The molecular weight excluding hydrogens is 359 g/mol. The Morgan fingerprint density at radius 1 is 1.14 bits per heavy atom. The standard InChI is InChI=1S/C15H9BrClFN2O/c1-21-13-5-2-8(6-11(13)18)15-19-12-4-3-9(16)7-10(12)14(17)20-15/h2-7H,1H3. The van der Waals surface area contributed by atoms with E-state index in [-0.39, 0.29) is 5.75 Å². The summed E-state index contributed by atoms with van der Waals surface area (Å²) in [4.78, 5) is 8.66. The fraction of sp³-hybridized carbons (Fsp3) is 0.0667. The van der Waals surface area contributed by atoms with E-state index >= 15 is 0 Å². The van der Waals surface area contributed by atoms with Crippen molar-refractivity contribution in [3.05, 3.63) is 51.8 Å². The van der Waals surface area contributed by atoms with Crippen LogP contribution in [-0.2, 0) is 0 Å². The van der Waals surface area contributed by atoms with Crippen molar-refractivity contribution in [1.82, 2.24) is 9.97 Å². The Morgan fingerprint density at radius 3 is 2.67 bits per heavy atom. The molecule has 21 heavy (non-hydrogen) atoms. The van der Waals surface area contributed by atoms with Gasteiger partial charge in [-0.1, -0.05) is 27.5 Å².